The Hall–Kier alpha value is -0.690. The summed E-state index contributed by atoms with van der Waals surface area (Å²) in [5, 5.41) is 0.129. The number of rotatable bonds is 6. The zero-order valence-corrected chi connectivity index (χ0v) is 14.0. The molecule has 1 aromatic carbocycles. The molecular formula is C18H27ClO. The third-order valence-corrected chi connectivity index (χ3v) is 4.75. The Kier molecular flexibility index (Phi) is 5.01. The first kappa shape index (κ1) is 15.7. The van der Waals surface area contributed by atoms with Gasteiger partial charge in [-0.15, -0.1) is 11.6 Å². The Morgan fingerprint density at radius 1 is 1.20 bits per heavy atom. The molecule has 0 bridgehead atoms. The van der Waals surface area contributed by atoms with Gasteiger partial charge in [0.15, 0.2) is 0 Å². The third kappa shape index (κ3) is 3.49. The van der Waals surface area contributed by atoms with Crippen LogP contribution in [0.25, 0.3) is 0 Å². The molecule has 1 atom stereocenters. The van der Waals surface area contributed by atoms with Crippen LogP contribution >= 0.6 is 11.6 Å². The molecule has 1 unspecified atom stereocenters. The molecule has 1 aliphatic heterocycles. The van der Waals surface area contributed by atoms with Crippen molar-refractivity contribution in [2.75, 3.05) is 0 Å². The van der Waals surface area contributed by atoms with Gasteiger partial charge in [0.1, 0.15) is 11.4 Å². The van der Waals surface area contributed by atoms with E-state index in [1.165, 1.54) is 36.8 Å². The Balaban J connectivity index is 2.17. The third-order valence-electron chi connectivity index (χ3n) is 4.14. The molecule has 0 amide bonds. The zero-order chi connectivity index (χ0) is 14.8. The molecule has 1 aliphatic rings. The van der Waals surface area contributed by atoms with Gasteiger partial charge < -0.3 is 4.74 Å². The van der Waals surface area contributed by atoms with Crippen molar-refractivity contribution in [3.05, 3.63) is 29.3 Å². The van der Waals surface area contributed by atoms with E-state index in [4.69, 9.17) is 16.3 Å². The summed E-state index contributed by atoms with van der Waals surface area (Å²) in [6.45, 7) is 8.76. The van der Waals surface area contributed by atoms with Crippen LogP contribution in [0.15, 0.2) is 18.2 Å². The summed E-state index contributed by atoms with van der Waals surface area (Å²) in [5.74, 6) is 1.62. The summed E-state index contributed by atoms with van der Waals surface area (Å²) in [5.41, 5.74) is 2.50. The van der Waals surface area contributed by atoms with Gasteiger partial charge in [-0.25, -0.2) is 0 Å². The number of fused-ring (bicyclic) bond motifs is 1. The van der Waals surface area contributed by atoms with Crippen LogP contribution in [0, 0.1) is 5.92 Å². The van der Waals surface area contributed by atoms with Crippen LogP contribution in [0.3, 0.4) is 0 Å². The number of hydrogen-bond donors (Lipinski definition) is 0. The minimum Gasteiger partial charge on any atom is -0.487 e. The van der Waals surface area contributed by atoms with Crippen LogP contribution in [-0.2, 0) is 6.42 Å². The predicted molar refractivity (Wildman–Crippen MR) is 86.8 cm³/mol. The van der Waals surface area contributed by atoms with Crippen molar-refractivity contribution < 1.29 is 4.74 Å². The van der Waals surface area contributed by atoms with Gasteiger partial charge in [0.25, 0.3) is 0 Å². The second-order valence-corrected chi connectivity index (χ2v) is 7.12. The van der Waals surface area contributed by atoms with Gasteiger partial charge in [-0.3, -0.25) is 0 Å². The number of alkyl halides is 1. The summed E-state index contributed by atoms with van der Waals surface area (Å²) in [4.78, 5) is 0. The smallest absolute Gasteiger partial charge is 0.123 e. The van der Waals surface area contributed by atoms with E-state index in [0.717, 1.165) is 12.2 Å². The van der Waals surface area contributed by atoms with E-state index in [9.17, 15) is 0 Å². The van der Waals surface area contributed by atoms with Crippen LogP contribution < -0.4 is 4.74 Å². The van der Waals surface area contributed by atoms with Crippen molar-refractivity contribution in [1.82, 2.24) is 0 Å². The van der Waals surface area contributed by atoms with Gasteiger partial charge in [-0.1, -0.05) is 38.8 Å². The molecule has 0 saturated carbocycles. The number of ether oxygens (including phenoxy) is 1. The largest absolute Gasteiger partial charge is 0.487 e. The summed E-state index contributed by atoms with van der Waals surface area (Å²) in [6, 6.07) is 6.51. The molecule has 20 heavy (non-hydrogen) atoms. The highest BCUT2D eigenvalue weighted by Gasteiger charge is 2.31. The van der Waals surface area contributed by atoms with Crippen molar-refractivity contribution in [3.63, 3.8) is 0 Å². The van der Waals surface area contributed by atoms with Crippen molar-refractivity contribution in [1.29, 1.82) is 0 Å². The van der Waals surface area contributed by atoms with E-state index in [-0.39, 0.29) is 11.0 Å². The average Bonchev–Trinajstić information content (AvgIpc) is 2.70. The topological polar surface area (TPSA) is 9.23 Å². The second kappa shape index (κ2) is 6.39. The van der Waals surface area contributed by atoms with Crippen molar-refractivity contribution in [2.24, 2.45) is 5.92 Å². The standard InChI is InChI=1S/C18H27ClO/c1-5-7-13(8-6-2)17(19)14-9-10-16-15(11-14)12-18(3,4)20-16/h9-11,13,17H,5-8,12H2,1-4H3. The van der Waals surface area contributed by atoms with Gasteiger partial charge in [0.2, 0.25) is 0 Å². The van der Waals surface area contributed by atoms with E-state index < -0.39 is 0 Å². The molecule has 1 nitrogen and oxygen atoms in total. The number of halogens is 1. The highest BCUT2D eigenvalue weighted by Crippen LogP contribution is 2.40. The Morgan fingerprint density at radius 3 is 2.45 bits per heavy atom. The number of hydrogen-bond acceptors (Lipinski definition) is 1. The highest BCUT2D eigenvalue weighted by molar-refractivity contribution is 6.21. The fourth-order valence-corrected chi connectivity index (χ4v) is 3.64. The lowest BCUT2D eigenvalue weighted by Crippen LogP contribution is -2.24. The molecule has 0 spiro atoms. The predicted octanol–water partition coefficient (Wildman–Crippen LogP) is 5.90. The summed E-state index contributed by atoms with van der Waals surface area (Å²) in [7, 11) is 0. The molecule has 2 heteroatoms. The Labute approximate surface area is 128 Å². The fourth-order valence-electron chi connectivity index (χ4n) is 3.25. The first-order chi connectivity index (χ1) is 9.46. The normalized spacial score (nSPS) is 17.9. The molecule has 1 heterocycles. The molecule has 1 aromatic rings. The quantitative estimate of drug-likeness (QED) is 0.594. The molecule has 0 saturated heterocycles. The summed E-state index contributed by atoms with van der Waals surface area (Å²) < 4.78 is 5.94. The van der Waals surface area contributed by atoms with Crippen molar-refractivity contribution >= 4 is 11.6 Å². The lowest BCUT2D eigenvalue weighted by molar-refractivity contribution is 0.138. The van der Waals surface area contributed by atoms with E-state index >= 15 is 0 Å². The van der Waals surface area contributed by atoms with Gasteiger partial charge >= 0.3 is 0 Å². The van der Waals surface area contributed by atoms with E-state index in [1.54, 1.807) is 0 Å². The first-order valence-electron chi connectivity index (χ1n) is 7.92. The molecule has 0 aromatic heterocycles. The fraction of sp³-hybridized carbons (Fsp3) is 0.667. The molecule has 0 N–H and O–H groups in total. The maximum atomic E-state index is 6.76. The SMILES string of the molecule is CCCC(CCC)C(Cl)c1ccc2c(c1)CC(C)(C)O2. The van der Waals surface area contributed by atoms with Crippen LogP contribution in [0.5, 0.6) is 5.75 Å². The molecule has 112 valence electrons. The lowest BCUT2D eigenvalue weighted by atomic mass is 9.89. The van der Waals surface area contributed by atoms with Crippen LogP contribution in [0.2, 0.25) is 0 Å². The van der Waals surface area contributed by atoms with Gasteiger partial charge in [-0.2, -0.15) is 0 Å². The average molecular weight is 295 g/mol. The minimum atomic E-state index is -0.0744. The van der Waals surface area contributed by atoms with E-state index in [0.29, 0.717) is 5.92 Å². The monoisotopic (exact) mass is 294 g/mol. The highest BCUT2D eigenvalue weighted by atomic mass is 35.5. The van der Waals surface area contributed by atoms with E-state index in [1.807, 2.05) is 0 Å². The van der Waals surface area contributed by atoms with Gasteiger partial charge in [0.05, 0.1) is 5.38 Å². The lowest BCUT2D eigenvalue weighted by Gasteiger charge is -2.22. The first-order valence-corrected chi connectivity index (χ1v) is 8.36. The van der Waals surface area contributed by atoms with Crippen molar-refractivity contribution in [2.45, 2.75) is 70.8 Å². The van der Waals surface area contributed by atoms with Crippen molar-refractivity contribution in [3.8, 4) is 5.75 Å². The Bertz CT molecular complexity index is 447. The van der Waals surface area contributed by atoms with Crippen LogP contribution in [0.1, 0.15) is 69.9 Å². The van der Waals surface area contributed by atoms with Gasteiger partial charge in [0, 0.05) is 6.42 Å². The molecule has 0 radical (unpaired) electrons. The molecule has 0 aliphatic carbocycles. The Morgan fingerprint density at radius 2 is 1.85 bits per heavy atom. The van der Waals surface area contributed by atoms with Crippen LogP contribution in [0.4, 0.5) is 0 Å². The summed E-state index contributed by atoms with van der Waals surface area (Å²) >= 11 is 6.76. The van der Waals surface area contributed by atoms with Gasteiger partial charge in [-0.05, 0) is 49.8 Å². The maximum absolute atomic E-state index is 6.76. The minimum absolute atomic E-state index is 0.0744. The second-order valence-electron chi connectivity index (χ2n) is 6.64. The molecule has 2 rings (SSSR count). The molecule has 0 fully saturated rings. The maximum Gasteiger partial charge on any atom is 0.123 e. The summed E-state index contributed by atoms with van der Waals surface area (Å²) in [6.07, 6.45) is 5.80. The molecular weight excluding hydrogens is 268 g/mol. The zero-order valence-electron chi connectivity index (χ0n) is 13.2. The van der Waals surface area contributed by atoms with E-state index in [2.05, 4.69) is 45.9 Å². The number of benzene rings is 1. The van der Waals surface area contributed by atoms with Crippen LogP contribution in [-0.4, -0.2) is 5.60 Å².